The van der Waals surface area contributed by atoms with Gasteiger partial charge in [-0.3, -0.25) is 4.98 Å². The number of aromatic nitrogens is 1. The van der Waals surface area contributed by atoms with E-state index in [-0.39, 0.29) is 18.8 Å². The van der Waals surface area contributed by atoms with Crippen LogP contribution in [0.5, 0.6) is 0 Å². The van der Waals surface area contributed by atoms with Gasteiger partial charge in [0.15, 0.2) is 0 Å². The zero-order valence-corrected chi connectivity index (χ0v) is 9.97. The molecule has 0 spiro atoms. The molecule has 4 heteroatoms. The SMILES string of the molecule is FC1(F)CC(C#Cc2cncc3c2CCCN3)C1. The molecule has 1 N–H and O–H groups in total. The summed E-state index contributed by atoms with van der Waals surface area (Å²) < 4.78 is 25.4. The second-order valence-electron chi connectivity index (χ2n) is 4.97. The molecule has 94 valence electrons. The van der Waals surface area contributed by atoms with Crippen LogP contribution in [0.4, 0.5) is 14.5 Å². The molecule has 3 rings (SSSR count). The molecule has 0 aromatic carbocycles. The number of nitrogens with one attached hydrogen (secondary N) is 1. The number of hydrogen-bond donors (Lipinski definition) is 1. The van der Waals surface area contributed by atoms with Gasteiger partial charge >= 0.3 is 0 Å². The van der Waals surface area contributed by atoms with Gasteiger partial charge in [-0.2, -0.15) is 0 Å². The number of pyridine rings is 1. The van der Waals surface area contributed by atoms with E-state index in [9.17, 15) is 8.78 Å². The minimum Gasteiger partial charge on any atom is -0.384 e. The molecule has 0 saturated heterocycles. The lowest BCUT2D eigenvalue weighted by Gasteiger charge is -2.31. The highest BCUT2D eigenvalue weighted by atomic mass is 19.3. The van der Waals surface area contributed by atoms with Gasteiger partial charge in [-0.15, -0.1) is 0 Å². The quantitative estimate of drug-likeness (QED) is 0.714. The van der Waals surface area contributed by atoms with Crippen LogP contribution in [0.25, 0.3) is 0 Å². The zero-order valence-electron chi connectivity index (χ0n) is 9.97. The molecule has 1 aliphatic heterocycles. The van der Waals surface area contributed by atoms with E-state index >= 15 is 0 Å². The predicted octanol–water partition coefficient (Wildman–Crippen LogP) is 2.84. The lowest BCUT2D eigenvalue weighted by molar-refractivity contribution is -0.0936. The zero-order chi connectivity index (χ0) is 12.6. The highest BCUT2D eigenvalue weighted by Crippen LogP contribution is 2.41. The van der Waals surface area contributed by atoms with Crippen LogP contribution in [0.2, 0.25) is 0 Å². The van der Waals surface area contributed by atoms with Crippen molar-refractivity contribution in [1.82, 2.24) is 4.98 Å². The third kappa shape index (κ3) is 2.17. The molecule has 0 radical (unpaired) electrons. The van der Waals surface area contributed by atoms with Crippen LogP contribution in [-0.4, -0.2) is 17.5 Å². The lowest BCUT2D eigenvalue weighted by atomic mass is 9.82. The van der Waals surface area contributed by atoms with Gasteiger partial charge in [0.05, 0.1) is 11.9 Å². The van der Waals surface area contributed by atoms with Gasteiger partial charge in [0.1, 0.15) is 0 Å². The van der Waals surface area contributed by atoms with Crippen molar-refractivity contribution in [3.05, 3.63) is 23.5 Å². The van der Waals surface area contributed by atoms with Crippen LogP contribution in [0.15, 0.2) is 12.4 Å². The molecular weight excluding hydrogens is 234 g/mol. The molecule has 1 saturated carbocycles. The van der Waals surface area contributed by atoms with Crippen molar-refractivity contribution in [2.24, 2.45) is 5.92 Å². The van der Waals surface area contributed by atoms with Gasteiger partial charge in [0.2, 0.25) is 0 Å². The van der Waals surface area contributed by atoms with Crippen LogP contribution < -0.4 is 5.32 Å². The smallest absolute Gasteiger partial charge is 0.250 e. The van der Waals surface area contributed by atoms with E-state index in [0.29, 0.717) is 0 Å². The molecule has 2 aliphatic rings. The number of alkyl halides is 2. The molecule has 0 unspecified atom stereocenters. The number of nitrogens with zero attached hydrogens (tertiary/aromatic N) is 1. The molecule has 18 heavy (non-hydrogen) atoms. The van der Waals surface area contributed by atoms with Crippen molar-refractivity contribution in [3.8, 4) is 11.8 Å². The predicted molar refractivity (Wildman–Crippen MR) is 65.6 cm³/mol. The Morgan fingerprint density at radius 3 is 2.94 bits per heavy atom. The minimum absolute atomic E-state index is 0.0965. The Kier molecular flexibility index (Phi) is 2.70. The van der Waals surface area contributed by atoms with Crippen molar-refractivity contribution >= 4 is 5.69 Å². The molecule has 1 aromatic rings. The highest BCUT2D eigenvalue weighted by molar-refractivity contribution is 5.58. The minimum atomic E-state index is -2.49. The fourth-order valence-corrected chi connectivity index (χ4v) is 2.45. The maximum Gasteiger partial charge on any atom is 0.250 e. The first-order valence-corrected chi connectivity index (χ1v) is 6.24. The second kappa shape index (κ2) is 4.24. The molecule has 2 nitrogen and oxygen atoms in total. The van der Waals surface area contributed by atoms with Gasteiger partial charge in [-0.05, 0) is 18.4 Å². The summed E-state index contributed by atoms with van der Waals surface area (Å²) in [6.45, 7) is 0.959. The van der Waals surface area contributed by atoms with Crippen molar-refractivity contribution in [1.29, 1.82) is 0 Å². The number of anilines is 1. The van der Waals surface area contributed by atoms with Crippen molar-refractivity contribution in [2.45, 2.75) is 31.6 Å². The standard InChI is InChI=1S/C14H14F2N2/c15-14(16)6-10(7-14)3-4-11-8-17-9-13-12(11)2-1-5-18-13/h8-10,18H,1-2,5-7H2. The summed E-state index contributed by atoms with van der Waals surface area (Å²) in [5.41, 5.74) is 3.09. The Labute approximate surface area is 105 Å². The maximum absolute atomic E-state index is 12.7. The largest absolute Gasteiger partial charge is 0.384 e. The third-order valence-electron chi connectivity index (χ3n) is 3.48. The van der Waals surface area contributed by atoms with Crippen LogP contribution in [0, 0.1) is 17.8 Å². The van der Waals surface area contributed by atoms with E-state index in [1.54, 1.807) is 12.4 Å². The molecule has 0 bridgehead atoms. The topological polar surface area (TPSA) is 24.9 Å². The average Bonchev–Trinajstić information content (AvgIpc) is 2.33. The molecule has 1 aromatic heterocycles. The Bertz CT molecular complexity index is 520. The Morgan fingerprint density at radius 2 is 2.17 bits per heavy atom. The maximum atomic E-state index is 12.7. The lowest BCUT2D eigenvalue weighted by Crippen LogP contribution is -2.34. The summed E-state index contributed by atoms with van der Waals surface area (Å²) >= 11 is 0. The normalized spacial score (nSPS) is 21.0. The van der Waals surface area contributed by atoms with Gasteiger partial charge in [0.25, 0.3) is 5.92 Å². The first-order valence-electron chi connectivity index (χ1n) is 6.24. The molecule has 0 amide bonds. The number of hydrogen-bond acceptors (Lipinski definition) is 2. The van der Waals surface area contributed by atoms with Crippen molar-refractivity contribution in [3.63, 3.8) is 0 Å². The van der Waals surface area contributed by atoms with Gasteiger partial charge in [-0.25, -0.2) is 8.78 Å². The number of rotatable bonds is 0. The molecule has 1 aliphatic carbocycles. The average molecular weight is 248 g/mol. The molecular formula is C14H14F2N2. The highest BCUT2D eigenvalue weighted by Gasteiger charge is 2.44. The summed E-state index contributed by atoms with van der Waals surface area (Å²) in [6, 6.07) is 0. The van der Waals surface area contributed by atoms with Gasteiger partial charge in [0, 0.05) is 37.1 Å². The fraction of sp³-hybridized carbons (Fsp3) is 0.500. The van der Waals surface area contributed by atoms with E-state index in [0.717, 1.165) is 30.6 Å². The Morgan fingerprint density at radius 1 is 1.33 bits per heavy atom. The summed E-state index contributed by atoms with van der Waals surface area (Å²) in [7, 11) is 0. The molecule has 2 heterocycles. The van der Waals surface area contributed by atoms with E-state index in [1.165, 1.54) is 5.56 Å². The summed E-state index contributed by atoms with van der Waals surface area (Å²) in [6.07, 6.45) is 5.40. The summed E-state index contributed by atoms with van der Waals surface area (Å²) in [4.78, 5) is 4.14. The van der Waals surface area contributed by atoms with Crippen LogP contribution in [0.3, 0.4) is 0 Å². The monoisotopic (exact) mass is 248 g/mol. The second-order valence-corrected chi connectivity index (χ2v) is 4.97. The van der Waals surface area contributed by atoms with Crippen LogP contribution in [-0.2, 0) is 6.42 Å². The van der Waals surface area contributed by atoms with Crippen LogP contribution in [0.1, 0.15) is 30.4 Å². The molecule has 0 atom stereocenters. The fourth-order valence-electron chi connectivity index (χ4n) is 2.45. The molecule has 1 fully saturated rings. The van der Waals surface area contributed by atoms with E-state index in [4.69, 9.17) is 0 Å². The van der Waals surface area contributed by atoms with Crippen molar-refractivity contribution < 1.29 is 8.78 Å². The van der Waals surface area contributed by atoms with E-state index in [1.807, 2.05) is 0 Å². The van der Waals surface area contributed by atoms with E-state index in [2.05, 4.69) is 22.1 Å². The number of halogens is 2. The first kappa shape index (κ1) is 11.5. The van der Waals surface area contributed by atoms with Crippen LogP contribution >= 0.6 is 0 Å². The third-order valence-corrected chi connectivity index (χ3v) is 3.48. The number of fused-ring (bicyclic) bond motifs is 1. The van der Waals surface area contributed by atoms with E-state index < -0.39 is 5.92 Å². The Hall–Kier alpha value is -1.63. The van der Waals surface area contributed by atoms with Gasteiger partial charge < -0.3 is 5.32 Å². The first-order chi connectivity index (χ1) is 8.64. The summed E-state index contributed by atoms with van der Waals surface area (Å²) in [5.74, 6) is 3.32. The summed E-state index contributed by atoms with van der Waals surface area (Å²) in [5, 5.41) is 3.28. The Balaban J connectivity index is 1.79. The van der Waals surface area contributed by atoms with Crippen molar-refractivity contribution in [2.75, 3.05) is 11.9 Å². The van der Waals surface area contributed by atoms with Gasteiger partial charge in [-0.1, -0.05) is 11.8 Å².